The van der Waals surface area contributed by atoms with Gasteiger partial charge >= 0.3 is 11.9 Å². The normalized spacial score (nSPS) is 14.2. The second-order valence-electron chi connectivity index (χ2n) is 20.3. The van der Waals surface area contributed by atoms with E-state index < -0.39 is 87.4 Å². The van der Waals surface area contributed by atoms with E-state index >= 15 is 0 Å². The first-order chi connectivity index (χ1) is 38.1. The van der Waals surface area contributed by atoms with Gasteiger partial charge in [0, 0.05) is 12.2 Å². The molecule has 15 heteroatoms. The molecule has 0 aliphatic heterocycles. The lowest BCUT2D eigenvalue weighted by atomic mass is 9.84. The van der Waals surface area contributed by atoms with Crippen LogP contribution in [0.25, 0.3) is 0 Å². The molecule has 1 saturated carbocycles. The Kier molecular flexibility index (Phi) is 20.9. The van der Waals surface area contributed by atoms with E-state index in [1.54, 1.807) is 38.6 Å². The van der Waals surface area contributed by atoms with Gasteiger partial charge in [0.15, 0.2) is 0 Å². The number of rotatable bonds is 27. The molecule has 412 valence electrons. The molecule has 0 aromatic heterocycles. The Labute approximate surface area is 472 Å². The van der Waals surface area contributed by atoms with Gasteiger partial charge in [-0.3, -0.25) is 28.8 Å². The number of hydrogen-bond acceptors (Lipinski definition) is 11. The van der Waals surface area contributed by atoms with Crippen LogP contribution in [0.5, 0.6) is 0 Å². The molecule has 0 radical (unpaired) electrons. The quantitative estimate of drug-likeness (QED) is 0.0143. The van der Waals surface area contributed by atoms with Gasteiger partial charge in [0.05, 0.1) is 29.1 Å². The number of carbonyl (C=O) groups is 6. The van der Waals surface area contributed by atoms with Crippen LogP contribution in [0.2, 0.25) is 0 Å². The smallest absolute Gasteiger partial charge is 0.325 e. The van der Waals surface area contributed by atoms with Crippen LogP contribution in [0, 0.1) is 0 Å². The van der Waals surface area contributed by atoms with Crippen LogP contribution in [0.15, 0.2) is 194 Å². The van der Waals surface area contributed by atoms with Crippen molar-refractivity contribution in [3.63, 3.8) is 0 Å². The van der Waals surface area contributed by atoms with Gasteiger partial charge in [-0.15, -0.1) is 23.5 Å². The summed E-state index contributed by atoms with van der Waals surface area (Å²) in [7, 11) is 1.20. The van der Waals surface area contributed by atoms with E-state index in [9.17, 15) is 33.9 Å². The molecule has 6 aromatic rings. The predicted molar refractivity (Wildman–Crippen MR) is 312 cm³/mol. The third-order valence-electron chi connectivity index (χ3n) is 13.4. The highest BCUT2D eigenvalue weighted by molar-refractivity contribution is 8.00. The molecule has 7 rings (SSSR count). The Morgan fingerprint density at radius 3 is 1.43 bits per heavy atom. The molecule has 1 fully saturated rings. The summed E-state index contributed by atoms with van der Waals surface area (Å²) in [6, 6.07) is 57.8. The number of amides is 4. The molecular weight excluding hydrogens is 1030 g/mol. The molecule has 1 aliphatic rings. The summed E-state index contributed by atoms with van der Waals surface area (Å²) in [5.74, 6) is -3.36. The highest BCUT2D eigenvalue weighted by Crippen LogP contribution is 2.50. The SMILES string of the molecule is COC(=O)CNC(=O)C1(NC(=O)[C@@H](CSC(c2ccccc2)(c2ccccc2)c2ccccc2)NC(=O)[C@@H](CCC(=O)OC(C)(C)C)NC(=O)C[C@H](O)/C=C/CCSC(c2ccccc2)(c2ccccc2)c2ccccc2)CC1. The minimum atomic E-state index is -1.37. The number of benzene rings is 6. The zero-order valence-electron chi connectivity index (χ0n) is 45.1. The van der Waals surface area contributed by atoms with Crippen molar-refractivity contribution >= 4 is 59.1 Å². The summed E-state index contributed by atoms with van der Waals surface area (Å²) in [4.78, 5) is 82.2. The fourth-order valence-corrected chi connectivity index (χ4v) is 12.4. The van der Waals surface area contributed by atoms with E-state index in [1.807, 2.05) is 152 Å². The van der Waals surface area contributed by atoms with Gasteiger partial charge in [-0.1, -0.05) is 194 Å². The minimum Gasteiger partial charge on any atom is -0.468 e. The van der Waals surface area contributed by atoms with Crippen molar-refractivity contribution in [1.29, 1.82) is 0 Å². The van der Waals surface area contributed by atoms with Gasteiger partial charge in [-0.25, -0.2) is 0 Å². The number of ether oxygens (including phenoxy) is 2. The Morgan fingerprint density at radius 2 is 1.03 bits per heavy atom. The van der Waals surface area contributed by atoms with E-state index in [1.165, 1.54) is 18.9 Å². The average molecular weight is 1100 g/mol. The third kappa shape index (κ3) is 15.9. The van der Waals surface area contributed by atoms with Crippen molar-refractivity contribution in [3.8, 4) is 0 Å². The molecule has 6 aromatic carbocycles. The first-order valence-corrected chi connectivity index (χ1v) is 28.5. The molecule has 1 aliphatic carbocycles. The van der Waals surface area contributed by atoms with Crippen LogP contribution in [0.3, 0.4) is 0 Å². The number of allylic oxidation sites excluding steroid dienone is 1. The Hall–Kier alpha value is -7.46. The summed E-state index contributed by atoms with van der Waals surface area (Å²) >= 11 is 3.18. The van der Waals surface area contributed by atoms with Gasteiger partial charge in [0.2, 0.25) is 23.6 Å². The number of thioether (sulfide) groups is 2. The molecule has 13 nitrogen and oxygen atoms in total. The summed E-state index contributed by atoms with van der Waals surface area (Å²) < 4.78 is 8.83. The lowest BCUT2D eigenvalue weighted by Crippen LogP contribution is -2.59. The number of methoxy groups -OCH3 is 1. The van der Waals surface area contributed by atoms with E-state index in [-0.39, 0.29) is 31.4 Å². The number of hydrogen-bond donors (Lipinski definition) is 5. The van der Waals surface area contributed by atoms with Crippen molar-refractivity contribution in [3.05, 3.63) is 228 Å². The van der Waals surface area contributed by atoms with E-state index in [0.29, 0.717) is 12.2 Å². The highest BCUT2D eigenvalue weighted by atomic mass is 32.2. The molecule has 4 amide bonds. The van der Waals surface area contributed by atoms with E-state index in [4.69, 9.17) is 9.47 Å². The zero-order valence-corrected chi connectivity index (χ0v) is 46.7. The van der Waals surface area contributed by atoms with Gasteiger partial charge in [-0.05, 0) is 85.6 Å². The lowest BCUT2D eigenvalue weighted by Gasteiger charge is -2.37. The molecule has 3 atom stereocenters. The second-order valence-corrected chi connectivity index (χ2v) is 22.9. The molecule has 79 heavy (non-hydrogen) atoms. The van der Waals surface area contributed by atoms with Crippen molar-refractivity contribution in [2.24, 2.45) is 0 Å². The third-order valence-corrected chi connectivity index (χ3v) is 16.6. The number of carbonyl (C=O) groups excluding carboxylic acids is 6. The monoisotopic (exact) mass is 1100 g/mol. The maximum Gasteiger partial charge on any atom is 0.325 e. The maximum atomic E-state index is 14.8. The van der Waals surface area contributed by atoms with Crippen LogP contribution in [-0.2, 0) is 47.7 Å². The standard InChI is InChI=1S/C64H70N4O9S2/c1-61(2,3)77-56(71)39-38-53(66-55(70)43-52(69)37-23-24-42-78-63(46-25-11-5-12-26-46,47-27-13-6-14-28-47)48-29-15-7-16-30-48)58(73)67-54(59(74)68-62(40-41-62)60(75)65-44-57(72)76-4)45-79-64(49-31-17-8-18-32-49,50-33-19-9-20-34-50)51-35-21-10-22-36-51/h5-23,25-37,52-54,69H,24,38-45H2,1-4H3,(H,65,75)(H,66,70)(H,67,73)(H,68,74)/b37-23+/t52-,53-,54-/m1/s1. The second kappa shape index (κ2) is 27.9. The van der Waals surface area contributed by atoms with Gasteiger partial charge in [0.25, 0.3) is 0 Å². The van der Waals surface area contributed by atoms with E-state index in [2.05, 4.69) is 57.7 Å². The fraction of sp³-hybridized carbons (Fsp3) is 0.312. The van der Waals surface area contributed by atoms with Crippen LogP contribution in [0.1, 0.15) is 92.7 Å². The molecule has 5 N–H and O–H groups in total. The Bertz CT molecular complexity index is 2780. The summed E-state index contributed by atoms with van der Waals surface area (Å²) in [6.45, 7) is 4.76. The molecule has 0 saturated heterocycles. The highest BCUT2D eigenvalue weighted by Gasteiger charge is 2.52. The lowest BCUT2D eigenvalue weighted by molar-refractivity contribution is -0.155. The fourth-order valence-electron chi connectivity index (χ4n) is 9.42. The van der Waals surface area contributed by atoms with Crippen LogP contribution < -0.4 is 21.3 Å². The van der Waals surface area contributed by atoms with Crippen LogP contribution >= 0.6 is 23.5 Å². The minimum absolute atomic E-state index is 0.0478. The molecule has 0 spiro atoms. The van der Waals surface area contributed by atoms with Crippen molar-refractivity contribution in [1.82, 2.24) is 21.3 Å². The average Bonchev–Trinajstić information content (AvgIpc) is 4.29. The first-order valence-electron chi connectivity index (χ1n) is 26.5. The molecule has 0 bridgehead atoms. The largest absolute Gasteiger partial charge is 0.468 e. The number of esters is 2. The number of aliphatic hydroxyl groups excluding tert-OH is 1. The summed E-state index contributed by atoms with van der Waals surface area (Å²) in [6.07, 6.45) is 2.43. The van der Waals surface area contributed by atoms with Gasteiger partial charge in [0.1, 0.15) is 29.8 Å². The summed E-state index contributed by atoms with van der Waals surface area (Å²) in [5.41, 5.74) is 3.90. The number of aliphatic hydroxyl groups is 1. The predicted octanol–water partition coefficient (Wildman–Crippen LogP) is 9.16. The summed E-state index contributed by atoms with van der Waals surface area (Å²) in [5, 5.41) is 22.3. The van der Waals surface area contributed by atoms with Crippen molar-refractivity contribution < 1.29 is 43.3 Å². The van der Waals surface area contributed by atoms with Crippen LogP contribution in [0.4, 0.5) is 0 Å². The Balaban J connectivity index is 1.11. The van der Waals surface area contributed by atoms with Gasteiger partial charge < -0.3 is 35.8 Å². The maximum absolute atomic E-state index is 14.8. The Morgan fingerprint density at radius 1 is 0.595 bits per heavy atom. The zero-order chi connectivity index (χ0) is 56.3. The first kappa shape index (κ1) is 59.2. The number of nitrogens with one attached hydrogen (secondary N) is 4. The van der Waals surface area contributed by atoms with Crippen molar-refractivity contribution in [2.45, 2.75) is 98.1 Å². The molecule has 0 heterocycles. The van der Waals surface area contributed by atoms with Gasteiger partial charge in [-0.2, -0.15) is 0 Å². The topological polar surface area (TPSA) is 189 Å². The van der Waals surface area contributed by atoms with E-state index in [0.717, 1.165) is 33.4 Å². The van der Waals surface area contributed by atoms with Crippen LogP contribution in [-0.4, -0.2) is 95.2 Å². The molecular formula is C64H70N4O9S2. The van der Waals surface area contributed by atoms with Crippen molar-refractivity contribution in [2.75, 3.05) is 25.2 Å². The molecule has 0 unspecified atom stereocenters.